The highest BCUT2D eigenvalue weighted by atomic mass is 16.5. The van der Waals surface area contributed by atoms with Gasteiger partial charge in [0.15, 0.2) is 0 Å². The van der Waals surface area contributed by atoms with Crippen LogP contribution in [0.3, 0.4) is 0 Å². The maximum absolute atomic E-state index is 5.38. The molecule has 1 fully saturated rings. The lowest BCUT2D eigenvalue weighted by molar-refractivity contribution is 0.0302. The quantitative estimate of drug-likeness (QED) is 0.714. The van der Waals surface area contributed by atoms with Crippen molar-refractivity contribution in [2.24, 2.45) is 0 Å². The minimum absolute atomic E-state index is 0.624. The van der Waals surface area contributed by atoms with E-state index in [0.717, 1.165) is 26.3 Å². The number of rotatable bonds is 3. The van der Waals surface area contributed by atoms with Crippen molar-refractivity contribution in [1.82, 2.24) is 9.88 Å². The lowest BCUT2D eigenvalue weighted by Gasteiger charge is -2.24. The van der Waals surface area contributed by atoms with Gasteiger partial charge in [0.25, 0.3) is 0 Å². The van der Waals surface area contributed by atoms with E-state index in [4.69, 9.17) is 9.47 Å². The Hall–Kier alpha value is -1.13. The highest BCUT2D eigenvalue weighted by molar-refractivity contribution is 5.09. The molecule has 0 unspecified atom stereocenters. The molecule has 1 aromatic rings. The largest absolute Gasteiger partial charge is 0.453 e. The van der Waals surface area contributed by atoms with Gasteiger partial charge in [-0.05, 0) is 6.07 Å². The van der Waals surface area contributed by atoms with Gasteiger partial charge in [-0.2, -0.15) is 0 Å². The molecule has 1 saturated heterocycles. The highest BCUT2D eigenvalue weighted by Crippen LogP contribution is 2.07. The third-order valence-electron chi connectivity index (χ3n) is 2.01. The molecule has 0 bridgehead atoms. The number of hydrogen-bond acceptors (Lipinski definition) is 4. The second-order valence-electron chi connectivity index (χ2n) is 3.04. The fourth-order valence-electron chi connectivity index (χ4n) is 1.23. The van der Waals surface area contributed by atoms with Crippen LogP contribution < -0.4 is 4.74 Å². The van der Waals surface area contributed by atoms with Crippen LogP contribution in [0.5, 0.6) is 5.88 Å². The van der Waals surface area contributed by atoms with Crippen molar-refractivity contribution in [3.63, 3.8) is 0 Å². The molecule has 75 valence electrons. The van der Waals surface area contributed by atoms with Crippen LogP contribution in [0.1, 0.15) is 0 Å². The molecule has 0 atom stereocenters. The fourth-order valence-corrected chi connectivity index (χ4v) is 1.23. The van der Waals surface area contributed by atoms with Crippen LogP contribution in [0.2, 0.25) is 0 Å². The summed E-state index contributed by atoms with van der Waals surface area (Å²) < 4.78 is 10.6. The number of morpholine rings is 1. The molecule has 0 N–H and O–H groups in total. The second kappa shape index (κ2) is 4.93. The molecule has 0 aliphatic carbocycles. The summed E-state index contributed by atoms with van der Waals surface area (Å²) in [6.45, 7) is 5.01. The van der Waals surface area contributed by atoms with E-state index in [0.29, 0.717) is 5.88 Å². The summed E-state index contributed by atoms with van der Waals surface area (Å²) in [6, 6.07) is 5.59. The third-order valence-corrected chi connectivity index (χ3v) is 2.01. The average molecular weight is 193 g/mol. The predicted octanol–water partition coefficient (Wildman–Crippen LogP) is 0.912. The lowest BCUT2D eigenvalue weighted by Crippen LogP contribution is -2.35. The van der Waals surface area contributed by atoms with Crippen molar-refractivity contribution in [3.05, 3.63) is 31.1 Å². The molecule has 0 amide bonds. The average Bonchev–Trinajstić information content (AvgIpc) is 2.29. The zero-order chi connectivity index (χ0) is 9.64. The van der Waals surface area contributed by atoms with Crippen molar-refractivity contribution >= 4 is 0 Å². The minimum atomic E-state index is 0.624. The molecule has 4 heteroatoms. The summed E-state index contributed by atoms with van der Waals surface area (Å²) >= 11 is 0. The third kappa shape index (κ3) is 2.68. The van der Waals surface area contributed by atoms with Gasteiger partial charge in [-0.25, -0.2) is 4.98 Å². The van der Waals surface area contributed by atoms with Crippen LogP contribution in [-0.2, 0) is 4.74 Å². The molecule has 0 spiro atoms. The monoisotopic (exact) mass is 193 g/mol. The molecule has 0 saturated carbocycles. The van der Waals surface area contributed by atoms with Gasteiger partial charge in [-0.3, -0.25) is 4.90 Å². The summed E-state index contributed by atoms with van der Waals surface area (Å²) in [6.07, 6.45) is 1.71. The van der Waals surface area contributed by atoms with Gasteiger partial charge in [0.1, 0.15) is 0 Å². The fraction of sp³-hybridized carbons (Fsp3) is 0.400. The van der Waals surface area contributed by atoms with Crippen LogP contribution in [-0.4, -0.2) is 36.2 Å². The summed E-state index contributed by atoms with van der Waals surface area (Å²) in [5, 5.41) is 0. The van der Waals surface area contributed by atoms with E-state index in [9.17, 15) is 0 Å². The molecular formula is C10H13N2O2. The predicted molar refractivity (Wildman–Crippen MR) is 51.6 cm³/mol. The zero-order valence-corrected chi connectivity index (χ0v) is 7.93. The van der Waals surface area contributed by atoms with Gasteiger partial charge in [0, 0.05) is 25.4 Å². The number of hydrogen-bond donors (Lipinski definition) is 0. The number of nitrogens with zero attached hydrogens (tertiary/aromatic N) is 2. The van der Waals surface area contributed by atoms with Crippen molar-refractivity contribution in [2.45, 2.75) is 0 Å². The van der Waals surface area contributed by atoms with Crippen LogP contribution in [0.25, 0.3) is 0 Å². The maximum atomic E-state index is 5.38. The first-order valence-corrected chi connectivity index (χ1v) is 4.68. The van der Waals surface area contributed by atoms with Gasteiger partial charge in [0.2, 0.25) is 12.6 Å². The smallest absolute Gasteiger partial charge is 0.214 e. The van der Waals surface area contributed by atoms with Gasteiger partial charge in [0.05, 0.1) is 13.2 Å². The lowest BCUT2D eigenvalue weighted by atomic mass is 10.5. The number of pyridine rings is 1. The Labute approximate surface area is 83.5 Å². The normalized spacial score (nSPS) is 18.0. The number of ether oxygens (including phenoxy) is 2. The molecule has 1 aliphatic heterocycles. The molecule has 1 radical (unpaired) electrons. The Bertz CT molecular complexity index is 260. The summed E-state index contributed by atoms with van der Waals surface area (Å²) in [7, 11) is 0. The van der Waals surface area contributed by atoms with Crippen molar-refractivity contribution in [2.75, 3.05) is 26.3 Å². The summed E-state index contributed by atoms with van der Waals surface area (Å²) in [5.74, 6) is 0.624. The SMILES string of the molecule is [CH](Oc1ccccn1)N1CCOCC1. The van der Waals surface area contributed by atoms with E-state index >= 15 is 0 Å². The van der Waals surface area contributed by atoms with E-state index in [1.807, 2.05) is 18.2 Å². The van der Waals surface area contributed by atoms with E-state index < -0.39 is 0 Å². The van der Waals surface area contributed by atoms with Gasteiger partial charge >= 0.3 is 0 Å². The Morgan fingerprint density at radius 1 is 1.36 bits per heavy atom. The molecule has 2 rings (SSSR count). The van der Waals surface area contributed by atoms with Gasteiger partial charge < -0.3 is 9.47 Å². The van der Waals surface area contributed by atoms with Crippen LogP contribution in [0.15, 0.2) is 24.4 Å². The zero-order valence-electron chi connectivity index (χ0n) is 7.93. The van der Waals surface area contributed by atoms with Crippen LogP contribution in [0, 0.1) is 6.73 Å². The second-order valence-corrected chi connectivity index (χ2v) is 3.04. The van der Waals surface area contributed by atoms with Crippen molar-refractivity contribution < 1.29 is 9.47 Å². The molecule has 1 aliphatic rings. The maximum Gasteiger partial charge on any atom is 0.214 e. The van der Waals surface area contributed by atoms with Crippen molar-refractivity contribution in [3.8, 4) is 5.88 Å². The van der Waals surface area contributed by atoms with Crippen LogP contribution >= 0.6 is 0 Å². The topological polar surface area (TPSA) is 34.6 Å². The first kappa shape index (κ1) is 9.43. The molecule has 14 heavy (non-hydrogen) atoms. The van der Waals surface area contributed by atoms with Crippen LogP contribution in [0.4, 0.5) is 0 Å². The van der Waals surface area contributed by atoms with E-state index in [1.165, 1.54) is 0 Å². The highest BCUT2D eigenvalue weighted by Gasteiger charge is 2.11. The summed E-state index contributed by atoms with van der Waals surface area (Å²) in [5.41, 5.74) is 0. The van der Waals surface area contributed by atoms with E-state index in [2.05, 4.69) is 9.88 Å². The molecule has 1 aromatic heterocycles. The van der Waals surface area contributed by atoms with E-state index in [-0.39, 0.29) is 0 Å². The minimum Gasteiger partial charge on any atom is -0.453 e. The van der Waals surface area contributed by atoms with Gasteiger partial charge in [-0.1, -0.05) is 6.07 Å². The van der Waals surface area contributed by atoms with E-state index in [1.54, 1.807) is 12.9 Å². The Kier molecular flexibility index (Phi) is 3.32. The standard InChI is InChI=1S/C10H13N2O2/c1-2-4-11-10(3-1)14-9-12-5-7-13-8-6-12/h1-4,9H,5-8H2. The first-order chi connectivity index (χ1) is 6.95. The summed E-state index contributed by atoms with van der Waals surface area (Å²) in [4.78, 5) is 6.13. The Morgan fingerprint density at radius 2 is 2.21 bits per heavy atom. The first-order valence-electron chi connectivity index (χ1n) is 4.68. The molecule has 0 aromatic carbocycles. The molecule has 2 heterocycles. The number of aromatic nitrogens is 1. The van der Waals surface area contributed by atoms with Crippen molar-refractivity contribution in [1.29, 1.82) is 0 Å². The molecule has 4 nitrogen and oxygen atoms in total. The molecular weight excluding hydrogens is 180 g/mol. The Morgan fingerprint density at radius 3 is 2.93 bits per heavy atom. The Balaban J connectivity index is 1.76. The van der Waals surface area contributed by atoms with Gasteiger partial charge in [-0.15, -0.1) is 0 Å².